The number of para-hydroxylation sites is 1. The molecule has 2 aromatic carbocycles. The molecule has 4 aromatic rings. The highest BCUT2D eigenvalue weighted by atomic mass is 19.1. The third-order valence-electron chi connectivity index (χ3n) is 3.91. The van der Waals surface area contributed by atoms with Crippen LogP contribution in [0.15, 0.2) is 59.5 Å². The Morgan fingerprint density at radius 3 is 2.37 bits per heavy atom. The van der Waals surface area contributed by atoms with Crippen LogP contribution in [0.1, 0.15) is 0 Å². The highest BCUT2D eigenvalue weighted by Gasteiger charge is 2.17. The van der Waals surface area contributed by atoms with Gasteiger partial charge in [-0.3, -0.25) is 9.36 Å². The zero-order valence-electron chi connectivity index (χ0n) is 14.1. The second-order valence-electron chi connectivity index (χ2n) is 5.66. The molecule has 0 aliphatic carbocycles. The van der Waals surface area contributed by atoms with Gasteiger partial charge >= 0.3 is 6.01 Å². The Labute approximate surface area is 151 Å². The fraction of sp³-hybridized carbons (Fsp3) is 0.0526. The van der Waals surface area contributed by atoms with Crippen LogP contribution in [0.2, 0.25) is 0 Å². The third-order valence-corrected chi connectivity index (χ3v) is 3.91. The summed E-state index contributed by atoms with van der Waals surface area (Å²) in [6.07, 6.45) is 1.39. The zero-order valence-corrected chi connectivity index (χ0v) is 14.1. The molecule has 134 valence electrons. The summed E-state index contributed by atoms with van der Waals surface area (Å²) in [6, 6.07) is 11.7. The summed E-state index contributed by atoms with van der Waals surface area (Å²) in [6.45, 7) is 0. The van der Waals surface area contributed by atoms with Crippen LogP contribution >= 0.6 is 0 Å². The van der Waals surface area contributed by atoms with E-state index < -0.39 is 17.2 Å². The molecular formula is C19H12F2N4O2. The van der Waals surface area contributed by atoms with Gasteiger partial charge in [0.05, 0.1) is 19.0 Å². The standard InChI is InChI=1S/C19H12F2N4O2/c1-27-19-22-10-15-17(24-19)25(14-5-3-2-4-6-14)18(26)16(23-15)11-7-12(20)9-13(21)8-11/h2-10H,1H3. The molecule has 0 radical (unpaired) electrons. The van der Waals surface area contributed by atoms with Gasteiger partial charge in [0.15, 0.2) is 5.65 Å². The quantitative estimate of drug-likeness (QED) is 0.557. The molecule has 27 heavy (non-hydrogen) atoms. The largest absolute Gasteiger partial charge is 0.467 e. The van der Waals surface area contributed by atoms with Crippen molar-refractivity contribution in [2.45, 2.75) is 0 Å². The van der Waals surface area contributed by atoms with E-state index in [9.17, 15) is 13.6 Å². The van der Waals surface area contributed by atoms with E-state index >= 15 is 0 Å². The van der Waals surface area contributed by atoms with E-state index in [1.165, 1.54) is 17.9 Å². The first-order chi connectivity index (χ1) is 13.1. The number of aromatic nitrogens is 4. The van der Waals surface area contributed by atoms with Crippen LogP contribution in [0, 0.1) is 11.6 Å². The van der Waals surface area contributed by atoms with Crippen LogP contribution in [-0.4, -0.2) is 26.6 Å². The highest BCUT2D eigenvalue weighted by Crippen LogP contribution is 2.21. The summed E-state index contributed by atoms with van der Waals surface area (Å²) in [4.78, 5) is 25.6. The van der Waals surface area contributed by atoms with Crippen LogP contribution in [0.25, 0.3) is 28.1 Å². The summed E-state index contributed by atoms with van der Waals surface area (Å²) < 4.78 is 33.7. The van der Waals surface area contributed by atoms with E-state index in [1.54, 1.807) is 30.3 Å². The Hall–Kier alpha value is -3.68. The predicted octanol–water partition coefficient (Wildman–Crippen LogP) is 3.13. The van der Waals surface area contributed by atoms with Gasteiger partial charge in [0.2, 0.25) is 0 Å². The van der Waals surface area contributed by atoms with Gasteiger partial charge in [0.25, 0.3) is 5.56 Å². The summed E-state index contributed by atoms with van der Waals surface area (Å²) >= 11 is 0. The molecule has 0 bridgehead atoms. The highest BCUT2D eigenvalue weighted by molar-refractivity contribution is 5.76. The van der Waals surface area contributed by atoms with Gasteiger partial charge in [-0.25, -0.2) is 18.7 Å². The molecule has 0 atom stereocenters. The molecule has 2 heterocycles. The van der Waals surface area contributed by atoms with Gasteiger partial charge in [0, 0.05) is 11.6 Å². The SMILES string of the molecule is COc1ncc2nc(-c3cc(F)cc(F)c3)c(=O)n(-c3ccccc3)c2n1. The maximum atomic E-state index is 13.7. The first-order valence-corrected chi connectivity index (χ1v) is 7.92. The number of hydrogen-bond donors (Lipinski definition) is 0. The Morgan fingerprint density at radius 2 is 1.70 bits per heavy atom. The Kier molecular flexibility index (Phi) is 4.08. The molecule has 0 amide bonds. The monoisotopic (exact) mass is 366 g/mol. The Balaban J connectivity index is 2.11. The lowest BCUT2D eigenvalue weighted by atomic mass is 10.1. The first kappa shape index (κ1) is 16.8. The minimum atomic E-state index is -0.802. The van der Waals surface area contributed by atoms with Crippen molar-refractivity contribution in [2.24, 2.45) is 0 Å². The molecule has 0 saturated carbocycles. The number of hydrogen-bond acceptors (Lipinski definition) is 5. The number of benzene rings is 2. The average molecular weight is 366 g/mol. The van der Waals surface area contributed by atoms with Crippen molar-refractivity contribution in [2.75, 3.05) is 7.11 Å². The fourth-order valence-corrected chi connectivity index (χ4v) is 2.76. The molecule has 0 spiro atoms. The number of nitrogens with zero attached hydrogens (tertiary/aromatic N) is 4. The molecule has 6 nitrogen and oxygen atoms in total. The van der Waals surface area contributed by atoms with E-state index in [0.29, 0.717) is 5.69 Å². The van der Waals surface area contributed by atoms with E-state index in [1.807, 2.05) is 0 Å². The molecule has 0 saturated heterocycles. The third kappa shape index (κ3) is 3.01. The van der Waals surface area contributed by atoms with Crippen molar-refractivity contribution < 1.29 is 13.5 Å². The molecule has 4 rings (SSSR count). The van der Waals surface area contributed by atoms with Crippen LogP contribution in [0.3, 0.4) is 0 Å². The number of ether oxygens (including phenoxy) is 1. The summed E-state index contributed by atoms with van der Waals surface area (Å²) in [5.41, 5.74) is 0.365. The topological polar surface area (TPSA) is 69.9 Å². The summed E-state index contributed by atoms with van der Waals surface area (Å²) in [5, 5.41) is 0. The molecule has 0 N–H and O–H groups in total. The van der Waals surface area contributed by atoms with Gasteiger partial charge in [-0.15, -0.1) is 0 Å². The lowest BCUT2D eigenvalue weighted by molar-refractivity contribution is 0.381. The number of rotatable bonds is 3. The zero-order chi connectivity index (χ0) is 19.0. The average Bonchev–Trinajstić information content (AvgIpc) is 2.67. The van der Waals surface area contributed by atoms with Crippen molar-refractivity contribution in [1.82, 2.24) is 19.5 Å². The minimum absolute atomic E-state index is 0.0277. The molecular weight excluding hydrogens is 354 g/mol. The van der Waals surface area contributed by atoms with Crippen molar-refractivity contribution in [3.8, 4) is 23.0 Å². The molecule has 0 aliphatic rings. The van der Waals surface area contributed by atoms with E-state index in [-0.39, 0.29) is 28.4 Å². The van der Waals surface area contributed by atoms with Crippen molar-refractivity contribution in [3.63, 3.8) is 0 Å². The second-order valence-corrected chi connectivity index (χ2v) is 5.66. The summed E-state index contributed by atoms with van der Waals surface area (Å²) in [5.74, 6) is -1.60. The predicted molar refractivity (Wildman–Crippen MR) is 94.8 cm³/mol. The molecule has 0 unspecified atom stereocenters. The van der Waals surface area contributed by atoms with E-state index in [4.69, 9.17) is 4.74 Å². The van der Waals surface area contributed by atoms with Crippen molar-refractivity contribution in [1.29, 1.82) is 0 Å². The van der Waals surface area contributed by atoms with Crippen LogP contribution in [-0.2, 0) is 0 Å². The first-order valence-electron chi connectivity index (χ1n) is 7.92. The van der Waals surface area contributed by atoms with E-state index in [2.05, 4.69) is 15.0 Å². The van der Waals surface area contributed by atoms with Gasteiger partial charge in [-0.1, -0.05) is 18.2 Å². The van der Waals surface area contributed by atoms with Crippen LogP contribution in [0.4, 0.5) is 8.78 Å². The summed E-state index contributed by atoms with van der Waals surface area (Å²) in [7, 11) is 1.41. The smallest absolute Gasteiger partial charge is 0.318 e. The lowest BCUT2D eigenvalue weighted by Gasteiger charge is -2.12. The minimum Gasteiger partial charge on any atom is -0.467 e. The molecule has 8 heteroatoms. The molecule has 0 fully saturated rings. The number of methoxy groups -OCH3 is 1. The Bertz CT molecular complexity index is 1190. The molecule has 2 aromatic heterocycles. The lowest BCUT2D eigenvalue weighted by Crippen LogP contribution is -2.23. The fourth-order valence-electron chi connectivity index (χ4n) is 2.76. The van der Waals surface area contributed by atoms with Crippen LogP contribution < -0.4 is 10.3 Å². The number of halogens is 2. The van der Waals surface area contributed by atoms with Crippen LogP contribution in [0.5, 0.6) is 6.01 Å². The maximum absolute atomic E-state index is 13.7. The second kappa shape index (κ2) is 6.56. The van der Waals surface area contributed by atoms with Crippen molar-refractivity contribution >= 4 is 11.2 Å². The Morgan fingerprint density at radius 1 is 1.00 bits per heavy atom. The van der Waals surface area contributed by atoms with Gasteiger partial charge in [-0.05, 0) is 24.3 Å². The van der Waals surface area contributed by atoms with E-state index in [0.717, 1.165) is 18.2 Å². The van der Waals surface area contributed by atoms with Gasteiger partial charge in [-0.2, -0.15) is 4.98 Å². The maximum Gasteiger partial charge on any atom is 0.318 e. The van der Waals surface area contributed by atoms with Gasteiger partial charge < -0.3 is 4.74 Å². The van der Waals surface area contributed by atoms with Crippen molar-refractivity contribution in [3.05, 3.63) is 76.7 Å². The molecule has 0 aliphatic heterocycles. The normalized spacial score (nSPS) is 10.9. The number of fused-ring (bicyclic) bond motifs is 1. The van der Waals surface area contributed by atoms with Gasteiger partial charge in [0.1, 0.15) is 22.8 Å².